The van der Waals surface area contributed by atoms with Gasteiger partial charge in [0.1, 0.15) is 0 Å². The second-order valence-electron chi connectivity index (χ2n) is 0.970. The molecule has 8 heavy (non-hydrogen) atoms. The number of methoxy groups -OCH3 is 1. The fraction of sp³-hybridized carbons (Fsp3) is 0.750. The molecule has 2 N–H and O–H groups in total. The third kappa shape index (κ3) is 61.9. The number of rotatable bonds is 0. The smallest absolute Gasteiger partial charge is 0.450 e. The molecular formula is C4H11NO3. The Hall–Kier alpha value is -0.770. The normalized spacial score (nSPS) is 6.38. The van der Waals surface area contributed by atoms with Crippen LogP contribution in [0.4, 0.5) is 4.79 Å². The number of carbonyl (C=O) groups is 1. The maximum Gasteiger partial charge on any atom is 0.505 e. The van der Waals surface area contributed by atoms with Crippen LogP contribution in [0.25, 0.3) is 0 Å². The van der Waals surface area contributed by atoms with Crippen LogP contribution in [0.15, 0.2) is 0 Å². The summed E-state index contributed by atoms with van der Waals surface area (Å²) in [7, 11) is 4.85. The van der Waals surface area contributed by atoms with Gasteiger partial charge in [-0.1, -0.05) is 0 Å². The Bertz CT molecular complexity index is 55.2. The van der Waals surface area contributed by atoms with Crippen LogP contribution in [0.3, 0.4) is 0 Å². The monoisotopic (exact) mass is 121 g/mol. The van der Waals surface area contributed by atoms with Crippen molar-refractivity contribution < 1.29 is 14.6 Å². The minimum atomic E-state index is -1.25. The summed E-state index contributed by atoms with van der Waals surface area (Å²) in [5, 5.41) is 10.2. The predicted molar refractivity (Wildman–Crippen MR) is 30.0 cm³/mol. The largest absolute Gasteiger partial charge is 0.505 e. The van der Waals surface area contributed by atoms with Crippen LogP contribution in [0, 0.1) is 0 Å². The molecule has 0 saturated carbocycles. The van der Waals surface area contributed by atoms with E-state index in [1.54, 1.807) is 0 Å². The molecule has 0 fully saturated rings. The molecule has 0 unspecified atom stereocenters. The van der Waals surface area contributed by atoms with Crippen molar-refractivity contribution in [2.24, 2.45) is 0 Å². The lowest BCUT2D eigenvalue weighted by Crippen LogP contribution is -1.91. The van der Waals surface area contributed by atoms with Gasteiger partial charge in [-0.15, -0.1) is 0 Å². The molecule has 0 aromatic carbocycles. The highest BCUT2D eigenvalue weighted by molar-refractivity contribution is 5.56. The van der Waals surface area contributed by atoms with E-state index >= 15 is 0 Å². The van der Waals surface area contributed by atoms with Gasteiger partial charge in [-0.25, -0.2) is 4.79 Å². The van der Waals surface area contributed by atoms with E-state index in [-0.39, 0.29) is 0 Å². The minimum Gasteiger partial charge on any atom is -0.450 e. The number of ether oxygens (including phenoxy) is 1. The van der Waals surface area contributed by atoms with Gasteiger partial charge in [0.05, 0.1) is 7.11 Å². The highest BCUT2D eigenvalue weighted by Gasteiger charge is 1.80. The second-order valence-corrected chi connectivity index (χ2v) is 0.970. The molecule has 0 bridgehead atoms. The van der Waals surface area contributed by atoms with E-state index in [4.69, 9.17) is 9.90 Å². The average Bonchev–Trinajstić information content (AvgIpc) is 1.69. The summed E-state index contributed by atoms with van der Waals surface area (Å²) < 4.78 is 3.67. The van der Waals surface area contributed by atoms with E-state index in [0.717, 1.165) is 7.11 Å². The summed E-state index contributed by atoms with van der Waals surface area (Å²) in [6.07, 6.45) is -1.25. The van der Waals surface area contributed by atoms with Crippen LogP contribution in [0.1, 0.15) is 0 Å². The first kappa shape index (κ1) is 10.3. The van der Waals surface area contributed by atoms with Crippen molar-refractivity contribution in [3.8, 4) is 0 Å². The number of carboxylic acid groups (broad SMARTS) is 1. The molecule has 0 rings (SSSR count). The topological polar surface area (TPSA) is 58.6 Å². The van der Waals surface area contributed by atoms with Gasteiger partial charge in [0.2, 0.25) is 0 Å². The number of nitrogens with one attached hydrogen (secondary N) is 1. The minimum absolute atomic E-state index is 1.10. The molecule has 0 aliphatic heterocycles. The van der Waals surface area contributed by atoms with Gasteiger partial charge in [0, 0.05) is 0 Å². The number of hydrogen-bond donors (Lipinski definition) is 2. The molecule has 4 heteroatoms. The number of hydrogen-bond acceptors (Lipinski definition) is 3. The van der Waals surface area contributed by atoms with E-state index in [0.29, 0.717) is 0 Å². The summed E-state index contributed by atoms with van der Waals surface area (Å²) in [5.41, 5.74) is 0. The Balaban J connectivity index is 0. The Labute approximate surface area is 48.5 Å². The fourth-order valence-electron chi connectivity index (χ4n) is 0. The van der Waals surface area contributed by atoms with Crippen LogP contribution < -0.4 is 5.32 Å². The second kappa shape index (κ2) is 9.52. The van der Waals surface area contributed by atoms with Crippen molar-refractivity contribution in [3.63, 3.8) is 0 Å². The van der Waals surface area contributed by atoms with E-state index in [2.05, 4.69) is 10.1 Å². The van der Waals surface area contributed by atoms with Gasteiger partial charge in [-0.2, -0.15) is 0 Å². The van der Waals surface area contributed by atoms with Crippen molar-refractivity contribution >= 4 is 6.16 Å². The lowest BCUT2D eigenvalue weighted by Gasteiger charge is -1.79. The van der Waals surface area contributed by atoms with Gasteiger partial charge in [0.25, 0.3) is 0 Å². The quantitative estimate of drug-likeness (QED) is 0.448. The standard InChI is InChI=1S/C2H7N.C2H4O3/c1-3-2;1-5-2(3)4/h3H,1-2H3;1H3,(H,3,4). The Morgan fingerprint density at radius 1 is 1.62 bits per heavy atom. The van der Waals surface area contributed by atoms with Gasteiger partial charge >= 0.3 is 6.16 Å². The van der Waals surface area contributed by atoms with Crippen LogP contribution in [-0.2, 0) is 4.74 Å². The van der Waals surface area contributed by atoms with Gasteiger partial charge in [0.15, 0.2) is 0 Å². The Kier molecular flexibility index (Phi) is 12.2. The molecule has 0 spiro atoms. The van der Waals surface area contributed by atoms with E-state index in [9.17, 15) is 0 Å². The molecule has 0 atom stereocenters. The first-order valence-corrected chi connectivity index (χ1v) is 2.04. The maximum atomic E-state index is 9.15. The molecule has 0 heterocycles. The lowest BCUT2D eigenvalue weighted by molar-refractivity contribution is 0.114. The van der Waals surface area contributed by atoms with Crippen LogP contribution in [-0.4, -0.2) is 32.5 Å². The lowest BCUT2D eigenvalue weighted by atomic mass is 11.3. The molecule has 50 valence electrons. The first-order chi connectivity index (χ1) is 3.68. The van der Waals surface area contributed by atoms with E-state index in [1.807, 2.05) is 14.1 Å². The molecule has 0 saturated heterocycles. The van der Waals surface area contributed by atoms with Gasteiger partial charge in [-0.05, 0) is 14.1 Å². The van der Waals surface area contributed by atoms with Crippen LogP contribution >= 0.6 is 0 Å². The molecule has 0 aromatic rings. The fourth-order valence-corrected chi connectivity index (χ4v) is 0. The molecule has 4 nitrogen and oxygen atoms in total. The van der Waals surface area contributed by atoms with E-state index < -0.39 is 6.16 Å². The molecule has 0 aliphatic rings. The van der Waals surface area contributed by atoms with Crippen LogP contribution in [0.5, 0.6) is 0 Å². The molecule has 0 aromatic heterocycles. The SMILES string of the molecule is CNC.COC(=O)O. The highest BCUT2D eigenvalue weighted by Crippen LogP contribution is 1.60. The third-order valence-corrected chi connectivity index (χ3v) is 0.175. The molecular weight excluding hydrogens is 110 g/mol. The Morgan fingerprint density at radius 3 is 1.75 bits per heavy atom. The maximum absolute atomic E-state index is 9.15. The van der Waals surface area contributed by atoms with Crippen molar-refractivity contribution in [1.29, 1.82) is 0 Å². The zero-order valence-electron chi connectivity index (χ0n) is 5.26. The van der Waals surface area contributed by atoms with Crippen molar-refractivity contribution in [1.82, 2.24) is 5.32 Å². The van der Waals surface area contributed by atoms with Crippen molar-refractivity contribution in [2.45, 2.75) is 0 Å². The molecule has 0 aliphatic carbocycles. The van der Waals surface area contributed by atoms with Crippen molar-refractivity contribution in [2.75, 3.05) is 21.2 Å². The molecule has 0 amide bonds. The van der Waals surface area contributed by atoms with E-state index in [1.165, 1.54) is 0 Å². The summed E-state index contributed by atoms with van der Waals surface area (Å²) >= 11 is 0. The summed E-state index contributed by atoms with van der Waals surface area (Å²) in [4.78, 5) is 9.15. The van der Waals surface area contributed by atoms with Gasteiger partial charge < -0.3 is 15.2 Å². The van der Waals surface area contributed by atoms with Crippen molar-refractivity contribution in [3.05, 3.63) is 0 Å². The average molecular weight is 121 g/mol. The molecule has 0 radical (unpaired) electrons. The van der Waals surface area contributed by atoms with Gasteiger partial charge in [-0.3, -0.25) is 0 Å². The first-order valence-electron chi connectivity index (χ1n) is 2.04. The zero-order valence-corrected chi connectivity index (χ0v) is 5.26. The Morgan fingerprint density at radius 2 is 1.75 bits per heavy atom. The zero-order chi connectivity index (χ0) is 6.99. The summed E-state index contributed by atoms with van der Waals surface area (Å²) in [6.45, 7) is 0. The summed E-state index contributed by atoms with van der Waals surface area (Å²) in [5.74, 6) is 0. The predicted octanol–water partition coefficient (Wildman–Crippen LogP) is 0.146. The summed E-state index contributed by atoms with van der Waals surface area (Å²) in [6, 6.07) is 0. The third-order valence-electron chi connectivity index (χ3n) is 0.175. The highest BCUT2D eigenvalue weighted by atomic mass is 16.6. The van der Waals surface area contributed by atoms with Crippen LogP contribution in [0.2, 0.25) is 0 Å².